The Bertz CT molecular complexity index is 518. The van der Waals surface area contributed by atoms with Gasteiger partial charge >= 0.3 is 5.69 Å². The molecule has 0 aliphatic carbocycles. The Hall–Kier alpha value is -0.490. The predicted octanol–water partition coefficient (Wildman–Crippen LogP) is 2.82. The molecule has 1 aromatic heterocycles. The van der Waals surface area contributed by atoms with Crippen LogP contribution in [0.3, 0.4) is 0 Å². The van der Waals surface area contributed by atoms with Crippen LogP contribution in [0, 0.1) is 5.41 Å². The van der Waals surface area contributed by atoms with E-state index in [1.165, 1.54) is 0 Å². The van der Waals surface area contributed by atoms with E-state index in [-0.39, 0.29) is 16.7 Å². The number of thiol groups is 1. The first kappa shape index (κ1) is 16.6. The third-order valence-corrected chi connectivity index (χ3v) is 4.60. The first-order chi connectivity index (χ1) is 8.98. The van der Waals surface area contributed by atoms with Crippen molar-refractivity contribution in [2.75, 3.05) is 5.75 Å². The first-order valence-corrected chi connectivity index (χ1v) is 8.00. The SMILES string of the molecule is CCCC(CS)(CCC)Cn1cc(Br)c(=O)[nH]c1=O. The second-order valence-electron chi connectivity index (χ2n) is 5.02. The lowest BCUT2D eigenvalue weighted by molar-refractivity contribution is 0.227. The zero-order valence-corrected chi connectivity index (χ0v) is 13.9. The Kier molecular flexibility index (Phi) is 6.39. The monoisotopic (exact) mass is 348 g/mol. The minimum atomic E-state index is -0.385. The Labute approximate surface area is 127 Å². The van der Waals surface area contributed by atoms with Crippen molar-refractivity contribution >= 4 is 28.6 Å². The molecule has 4 nitrogen and oxygen atoms in total. The molecular formula is C13H21BrN2O2S. The van der Waals surface area contributed by atoms with Crippen molar-refractivity contribution in [2.24, 2.45) is 5.41 Å². The summed E-state index contributed by atoms with van der Waals surface area (Å²) in [6.07, 6.45) is 5.73. The highest BCUT2D eigenvalue weighted by Gasteiger charge is 2.28. The summed E-state index contributed by atoms with van der Waals surface area (Å²) in [6, 6.07) is 0. The van der Waals surface area contributed by atoms with Gasteiger partial charge in [0.15, 0.2) is 0 Å². The van der Waals surface area contributed by atoms with Gasteiger partial charge in [0.05, 0.1) is 4.47 Å². The smallest absolute Gasteiger partial charge is 0.299 e. The molecule has 0 fully saturated rings. The Morgan fingerprint density at radius 3 is 2.37 bits per heavy atom. The quantitative estimate of drug-likeness (QED) is 0.744. The maximum Gasteiger partial charge on any atom is 0.328 e. The minimum Gasteiger partial charge on any atom is -0.299 e. The minimum absolute atomic E-state index is 0.00805. The van der Waals surface area contributed by atoms with Crippen LogP contribution < -0.4 is 11.2 Å². The van der Waals surface area contributed by atoms with E-state index in [0.717, 1.165) is 31.4 Å². The molecule has 0 aromatic carbocycles. The molecule has 0 saturated heterocycles. The highest BCUT2D eigenvalue weighted by molar-refractivity contribution is 9.10. The van der Waals surface area contributed by atoms with E-state index in [1.54, 1.807) is 10.8 Å². The van der Waals surface area contributed by atoms with Gasteiger partial charge in [0, 0.05) is 12.7 Å². The fourth-order valence-electron chi connectivity index (χ4n) is 2.51. The van der Waals surface area contributed by atoms with Gasteiger partial charge in [0.25, 0.3) is 5.56 Å². The molecule has 0 bridgehead atoms. The van der Waals surface area contributed by atoms with Gasteiger partial charge in [0.2, 0.25) is 0 Å². The molecule has 0 amide bonds. The Balaban J connectivity index is 3.12. The number of halogens is 1. The molecule has 1 heterocycles. The highest BCUT2D eigenvalue weighted by atomic mass is 79.9. The molecule has 1 aromatic rings. The van der Waals surface area contributed by atoms with E-state index in [0.29, 0.717) is 11.0 Å². The van der Waals surface area contributed by atoms with E-state index >= 15 is 0 Å². The van der Waals surface area contributed by atoms with Crippen molar-refractivity contribution in [3.05, 3.63) is 31.5 Å². The van der Waals surface area contributed by atoms with Crippen LogP contribution in [0.5, 0.6) is 0 Å². The van der Waals surface area contributed by atoms with Gasteiger partial charge in [-0.2, -0.15) is 12.6 Å². The van der Waals surface area contributed by atoms with Gasteiger partial charge in [-0.1, -0.05) is 26.7 Å². The van der Waals surface area contributed by atoms with Crippen LogP contribution in [0.1, 0.15) is 39.5 Å². The summed E-state index contributed by atoms with van der Waals surface area (Å²) in [6.45, 7) is 4.87. The summed E-state index contributed by atoms with van der Waals surface area (Å²) in [5.74, 6) is 0.734. The van der Waals surface area contributed by atoms with E-state index in [2.05, 4.69) is 47.4 Å². The summed E-state index contributed by atoms with van der Waals surface area (Å²) < 4.78 is 1.96. The topological polar surface area (TPSA) is 54.9 Å². The van der Waals surface area contributed by atoms with Crippen LogP contribution in [0.2, 0.25) is 0 Å². The van der Waals surface area contributed by atoms with Crippen molar-refractivity contribution in [1.29, 1.82) is 0 Å². The lowest BCUT2D eigenvalue weighted by atomic mass is 9.81. The molecular weight excluding hydrogens is 328 g/mol. The van der Waals surface area contributed by atoms with Gasteiger partial charge in [-0.15, -0.1) is 0 Å². The van der Waals surface area contributed by atoms with Crippen LogP contribution >= 0.6 is 28.6 Å². The summed E-state index contributed by atoms with van der Waals surface area (Å²) in [7, 11) is 0. The molecule has 1 N–H and O–H groups in total. The summed E-state index contributed by atoms with van der Waals surface area (Å²) in [5.41, 5.74) is -0.732. The van der Waals surface area contributed by atoms with E-state index in [1.807, 2.05) is 0 Å². The zero-order chi connectivity index (χ0) is 14.5. The first-order valence-electron chi connectivity index (χ1n) is 6.58. The molecule has 0 atom stereocenters. The number of rotatable bonds is 7. The van der Waals surface area contributed by atoms with Crippen LogP contribution in [0.15, 0.2) is 20.3 Å². The van der Waals surface area contributed by atoms with Crippen molar-refractivity contribution in [2.45, 2.75) is 46.1 Å². The van der Waals surface area contributed by atoms with Gasteiger partial charge in [-0.25, -0.2) is 4.79 Å². The van der Waals surface area contributed by atoms with Crippen molar-refractivity contribution in [3.8, 4) is 0 Å². The van der Waals surface area contributed by atoms with Gasteiger partial charge in [-0.3, -0.25) is 14.3 Å². The van der Waals surface area contributed by atoms with Crippen LogP contribution in [-0.4, -0.2) is 15.3 Å². The van der Waals surface area contributed by atoms with E-state index in [9.17, 15) is 9.59 Å². The molecule has 1 rings (SSSR count). The molecule has 0 aliphatic rings. The second kappa shape index (κ2) is 7.33. The summed E-state index contributed by atoms with van der Waals surface area (Å²) >= 11 is 7.65. The fraction of sp³-hybridized carbons (Fsp3) is 0.692. The molecule has 0 saturated carbocycles. The molecule has 108 valence electrons. The molecule has 0 radical (unpaired) electrons. The standard InChI is InChI=1S/C13H21BrN2O2S/c1-3-5-13(9-19,6-4-2)8-16-7-10(14)11(17)15-12(16)18/h7,19H,3-6,8-9H2,1-2H3,(H,15,17,18). The maximum atomic E-state index is 11.9. The average Bonchev–Trinajstić information content (AvgIpc) is 2.36. The van der Waals surface area contributed by atoms with Crippen LogP contribution in [0.25, 0.3) is 0 Å². The number of hydrogen-bond donors (Lipinski definition) is 2. The molecule has 19 heavy (non-hydrogen) atoms. The van der Waals surface area contributed by atoms with Crippen LogP contribution in [0.4, 0.5) is 0 Å². The lowest BCUT2D eigenvalue weighted by Crippen LogP contribution is -2.37. The number of hydrogen-bond acceptors (Lipinski definition) is 3. The largest absolute Gasteiger partial charge is 0.328 e. The second-order valence-corrected chi connectivity index (χ2v) is 6.19. The Morgan fingerprint density at radius 1 is 1.32 bits per heavy atom. The number of nitrogens with zero attached hydrogens (tertiary/aromatic N) is 1. The average molecular weight is 349 g/mol. The third kappa shape index (κ3) is 4.24. The van der Waals surface area contributed by atoms with E-state index in [4.69, 9.17) is 0 Å². The van der Waals surface area contributed by atoms with Gasteiger partial charge < -0.3 is 0 Å². The molecule has 0 unspecified atom stereocenters. The van der Waals surface area contributed by atoms with Gasteiger partial charge in [0.1, 0.15) is 0 Å². The number of aromatic nitrogens is 2. The van der Waals surface area contributed by atoms with Crippen molar-refractivity contribution in [3.63, 3.8) is 0 Å². The summed E-state index contributed by atoms with van der Waals surface area (Å²) in [4.78, 5) is 25.5. The zero-order valence-electron chi connectivity index (χ0n) is 11.4. The van der Waals surface area contributed by atoms with Crippen molar-refractivity contribution < 1.29 is 0 Å². The van der Waals surface area contributed by atoms with E-state index < -0.39 is 0 Å². The molecule has 0 spiro atoms. The van der Waals surface area contributed by atoms with Crippen molar-refractivity contribution in [1.82, 2.24) is 9.55 Å². The predicted molar refractivity (Wildman–Crippen MR) is 85.1 cm³/mol. The molecule has 0 aliphatic heterocycles. The highest BCUT2D eigenvalue weighted by Crippen LogP contribution is 2.32. The fourth-order valence-corrected chi connectivity index (χ4v) is 3.28. The normalized spacial score (nSPS) is 11.8. The number of nitrogens with one attached hydrogen (secondary N) is 1. The number of H-pyrrole nitrogens is 1. The number of aromatic amines is 1. The lowest BCUT2D eigenvalue weighted by Gasteiger charge is -2.32. The van der Waals surface area contributed by atoms with Crippen LogP contribution in [-0.2, 0) is 6.54 Å². The van der Waals surface area contributed by atoms with Gasteiger partial charge in [-0.05, 0) is 39.9 Å². The summed E-state index contributed by atoms with van der Waals surface area (Å²) in [5, 5.41) is 0. The third-order valence-electron chi connectivity index (χ3n) is 3.37. The Morgan fingerprint density at radius 2 is 1.89 bits per heavy atom. The maximum absolute atomic E-state index is 11.9. The molecule has 6 heteroatoms.